The number of hydrogen-bond donors (Lipinski definition) is 1. The van der Waals surface area contributed by atoms with Gasteiger partial charge in [-0.1, -0.05) is 13.3 Å². The van der Waals surface area contributed by atoms with Crippen LogP contribution in [0.15, 0.2) is 22.0 Å². The minimum atomic E-state index is 0.858. The molecule has 0 spiro atoms. The molecule has 0 amide bonds. The van der Waals surface area contributed by atoms with Crippen molar-refractivity contribution in [3.8, 4) is 0 Å². The molecule has 0 aliphatic carbocycles. The summed E-state index contributed by atoms with van der Waals surface area (Å²) in [6, 6.07) is 0. The molecule has 0 aliphatic rings. The summed E-state index contributed by atoms with van der Waals surface area (Å²) in [5.74, 6) is 0.932. The Morgan fingerprint density at radius 3 is 2.78 bits per heavy atom. The maximum absolute atomic E-state index is 4.37. The molecule has 0 radical (unpaired) electrons. The van der Waals surface area contributed by atoms with Crippen molar-refractivity contribution in [1.29, 1.82) is 0 Å². The lowest BCUT2D eigenvalue weighted by molar-refractivity contribution is 0.855. The van der Waals surface area contributed by atoms with Crippen molar-refractivity contribution in [3.05, 3.63) is 18.2 Å². The highest BCUT2D eigenvalue weighted by atomic mass is 32.2. The summed E-state index contributed by atoms with van der Waals surface area (Å²) in [7, 11) is 0. The van der Waals surface area contributed by atoms with Gasteiger partial charge in [-0.2, -0.15) is 4.37 Å². The van der Waals surface area contributed by atoms with Gasteiger partial charge in [-0.25, -0.2) is 15.0 Å². The SMILES string of the molecule is CCCc1c(NCC)ncnc1Sc1ncns1. The van der Waals surface area contributed by atoms with Crippen molar-refractivity contribution in [2.24, 2.45) is 0 Å². The summed E-state index contributed by atoms with van der Waals surface area (Å²) in [6.45, 7) is 5.08. The fourth-order valence-corrected chi connectivity index (χ4v) is 3.05. The maximum atomic E-state index is 4.37. The third kappa shape index (κ3) is 3.17. The molecule has 96 valence electrons. The van der Waals surface area contributed by atoms with Crippen molar-refractivity contribution < 1.29 is 0 Å². The van der Waals surface area contributed by atoms with Crippen LogP contribution in [0.1, 0.15) is 25.8 Å². The second kappa shape index (κ2) is 6.65. The zero-order chi connectivity index (χ0) is 12.8. The summed E-state index contributed by atoms with van der Waals surface area (Å²) in [5, 5.41) is 4.26. The molecular weight excluding hydrogens is 266 g/mol. The summed E-state index contributed by atoms with van der Waals surface area (Å²) in [4.78, 5) is 12.9. The van der Waals surface area contributed by atoms with E-state index in [1.54, 1.807) is 24.4 Å². The topological polar surface area (TPSA) is 63.6 Å². The quantitative estimate of drug-likeness (QED) is 0.821. The van der Waals surface area contributed by atoms with E-state index < -0.39 is 0 Å². The van der Waals surface area contributed by atoms with Crippen LogP contribution in [0.5, 0.6) is 0 Å². The highest BCUT2D eigenvalue weighted by Crippen LogP contribution is 2.32. The van der Waals surface area contributed by atoms with Gasteiger partial charge in [0.2, 0.25) is 0 Å². The molecule has 0 atom stereocenters. The van der Waals surface area contributed by atoms with E-state index in [2.05, 4.69) is 38.5 Å². The van der Waals surface area contributed by atoms with Crippen LogP contribution in [0.3, 0.4) is 0 Å². The number of aromatic nitrogens is 4. The van der Waals surface area contributed by atoms with Gasteiger partial charge in [-0.05, 0) is 36.6 Å². The van der Waals surface area contributed by atoms with E-state index in [4.69, 9.17) is 0 Å². The zero-order valence-electron chi connectivity index (χ0n) is 10.4. The van der Waals surface area contributed by atoms with E-state index >= 15 is 0 Å². The van der Waals surface area contributed by atoms with Crippen LogP contribution < -0.4 is 5.32 Å². The normalized spacial score (nSPS) is 10.6. The van der Waals surface area contributed by atoms with Crippen molar-refractivity contribution in [3.63, 3.8) is 0 Å². The van der Waals surface area contributed by atoms with Gasteiger partial charge in [0.25, 0.3) is 0 Å². The van der Waals surface area contributed by atoms with E-state index in [-0.39, 0.29) is 0 Å². The second-order valence-corrected chi connectivity index (χ2v) is 5.61. The first-order valence-electron chi connectivity index (χ1n) is 5.87. The van der Waals surface area contributed by atoms with Crippen LogP contribution in [0, 0.1) is 0 Å². The molecule has 7 heteroatoms. The van der Waals surface area contributed by atoms with E-state index in [0.29, 0.717) is 0 Å². The lowest BCUT2D eigenvalue weighted by Crippen LogP contribution is -2.05. The molecular formula is C11H15N5S2. The molecule has 0 unspecified atom stereocenters. The molecule has 0 aromatic carbocycles. The standard InChI is InChI=1S/C11H15N5S2/c1-3-5-8-9(12-4-2)13-6-14-10(8)17-11-15-7-16-18-11/h6-7H,3-5H2,1-2H3,(H,12,13,14). The zero-order valence-corrected chi connectivity index (χ0v) is 12.0. The first-order chi connectivity index (χ1) is 8.85. The van der Waals surface area contributed by atoms with Crippen LogP contribution in [0.25, 0.3) is 0 Å². The Kier molecular flexibility index (Phi) is 4.89. The van der Waals surface area contributed by atoms with Crippen LogP contribution >= 0.6 is 23.3 Å². The number of nitrogens with one attached hydrogen (secondary N) is 1. The van der Waals surface area contributed by atoms with Crippen molar-refractivity contribution in [1.82, 2.24) is 19.3 Å². The van der Waals surface area contributed by atoms with E-state index in [9.17, 15) is 0 Å². The van der Waals surface area contributed by atoms with Gasteiger partial charge in [0.05, 0.1) is 0 Å². The van der Waals surface area contributed by atoms with Crippen molar-refractivity contribution in [2.75, 3.05) is 11.9 Å². The Morgan fingerprint density at radius 1 is 1.22 bits per heavy atom. The molecule has 0 saturated carbocycles. The lowest BCUT2D eigenvalue weighted by atomic mass is 10.2. The Labute approximate surface area is 115 Å². The molecule has 2 aromatic heterocycles. The highest BCUT2D eigenvalue weighted by Gasteiger charge is 2.12. The fourth-order valence-electron chi connectivity index (χ4n) is 1.57. The second-order valence-electron chi connectivity index (χ2n) is 3.60. The van der Waals surface area contributed by atoms with Gasteiger partial charge in [-0.15, -0.1) is 0 Å². The Bertz CT molecular complexity index is 486. The lowest BCUT2D eigenvalue weighted by Gasteiger charge is -2.11. The summed E-state index contributed by atoms with van der Waals surface area (Å²) >= 11 is 2.94. The minimum Gasteiger partial charge on any atom is -0.370 e. The third-order valence-electron chi connectivity index (χ3n) is 2.28. The summed E-state index contributed by atoms with van der Waals surface area (Å²) in [6.07, 6.45) is 5.19. The average Bonchev–Trinajstić information content (AvgIpc) is 2.86. The van der Waals surface area contributed by atoms with Gasteiger partial charge in [0.1, 0.15) is 23.5 Å². The summed E-state index contributed by atoms with van der Waals surface area (Å²) < 4.78 is 4.91. The van der Waals surface area contributed by atoms with Crippen molar-refractivity contribution in [2.45, 2.75) is 36.1 Å². The minimum absolute atomic E-state index is 0.858. The monoisotopic (exact) mass is 281 g/mol. The first kappa shape index (κ1) is 13.2. The van der Waals surface area contributed by atoms with Crippen LogP contribution in [-0.2, 0) is 6.42 Å². The molecule has 0 aliphatic heterocycles. The molecule has 0 saturated heterocycles. The molecule has 18 heavy (non-hydrogen) atoms. The van der Waals surface area contributed by atoms with Gasteiger partial charge >= 0.3 is 0 Å². The molecule has 0 bridgehead atoms. The first-order valence-corrected chi connectivity index (χ1v) is 7.46. The van der Waals surface area contributed by atoms with E-state index in [1.165, 1.54) is 17.1 Å². The van der Waals surface area contributed by atoms with Gasteiger partial charge in [-0.3, -0.25) is 0 Å². The fraction of sp³-hybridized carbons (Fsp3) is 0.455. The maximum Gasteiger partial charge on any atom is 0.176 e. The van der Waals surface area contributed by atoms with Gasteiger partial charge in [0, 0.05) is 12.1 Å². The van der Waals surface area contributed by atoms with Crippen molar-refractivity contribution >= 4 is 29.1 Å². The Balaban J connectivity index is 2.29. The van der Waals surface area contributed by atoms with E-state index in [0.717, 1.165) is 34.6 Å². The number of rotatable bonds is 6. The smallest absolute Gasteiger partial charge is 0.176 e. The van der Waals surface area contributed by atoms with Crippen LogP contribution in [0.4, 0.5) is 5.82 Å². The third-order valence-corrected chi connectivity index (χ3v) is 4.04. The average molecular weight is 281 g/mol. The highest BCUT2D eigenvalue weighted by molar-refractivity contribution is 8.00. The predicted octanol–water partition coefficient (Wildman–Crippen LogP) is 2.86. The van der Waals surface area contributed by atoms with Crippen LogP contribution in [-0.4, -0.2) is 25.9 Å². The number of anilines is 1. The molecule has 1 N–H and O–H groups in total. The Hall–Kier alpha value is -1.21. The predicted molar refractivity (Wildman–Crippen MR) is 74.2 cm³/mol. The van der Waals surface area contributed by atoms with E-state index in [1.807, 2.05) is 0 Å². The summed E-state index contributed by atoms with van der Waals surface area (Å²) in [5.41, 5.74) is 1.17. The van der Waals surface area contributed by atoms with Crippen LogP contribution in [0.2, 0.25) is 0 Å². The van der Waals surface area contributed by atoms with Gasteiger partial charge < -0.3 is 5.32 Å². The largest absolute Gasteiger partial charge is 0.370 e. The van der Waals surface area contributed by atoms with Gasteiger partial charge in [0.15, 0.2) is 4.34 Å². The Morgan fingerprint density at radius 2 is 2.11 bits per heavy atom. The molecule has 2 aromatic rings. The molecule has 5 nitrogen and oxygen atoms in total. The number of nitrogens with zero attached hydrogens (tertiary/aromatic N) is 4. The molecule has 0 fully saturated rings. The molecule has 2 rings (SSSR count). The number of hydrogen-bond acceptors (Lipinski definition) is 7. The molecule has 2 heterocycles.